The molecule has 2 aliphatic rings. The number of nitrogens with zero attached hydrogens (tertiary/aromatic N) is 4. The van der Waals surface area contributed by atoms with Gasteiger partial charge in [0.25, 0.3) is 5.91 Å². The summed E-state index contributed by atoms with van der Waals surface area (Å²) in [6, 6.07) is 5.36. The van der Waals surface area contributed by atoms with E-state index in [2.05, 4.69) is 4.98 Å². The van der Waals surface area contributed by atoms with Gasteiger partial charge in [-0.05, 0) is 39.0 Å². The smallest absolute Gasteiger partial charge is 0.410 e. The number of carbonyl (C=O) groups is 2. The van der Waals surface area contributed by atoms with Gasteiger partial charge in [-0.25, -0.2) is 9.18 Å². The van der Waals surface area contributed by atoms with Crippen molar-refractivity contribution in [2.24, 2.45) is 0 Å². The Balaban J connectivity index is 1.63. The molecule has 2 aromatic carbocycles. The Kier molecular flexibility index (Phi) is 6.11. The van der Waals surface area contributed by atoms with Crippen molar-refractivity contribution in [3.63, 3.8) is 0 Å². The molecule has 0 unspecified atom stereocenters. The Hall–Kier alpha value is -3.30. The van der Waals surface area contributed by atoms with Gasteiger partial charge in [0.2, 0.25) is 0 Å². The maximum Gasteiger partial charge on any atom is 0.410 e. The zero-order valence-electron chi connectivity index (χ0n) is 20.7. The van der Waals surface area contributed by atoms with Gasteiger partial charge in [0.1, 0.15) is 22.9 Å². The predicted octanol–water partition coefficient (Wildman–Crippen LogP) is 5.46. The van der Waals surface area contributed by atoms with E-state index in [4.69, 9.17) is 27.9 Å². The lowest BCUT2D eigenvalue weighted by atomic mass is 9.97. The molecule has 0 aliphatic carbocycles. The van der Waals surface area contributed by atoms with Crippen molar-refractivity contribution in [2.45, 2.75) is 32.4 Å². The van der Waals surface area contributed by atoms with E-state index in [9.17, 15) is 14.7 Å². The summed E-state index contributed by atoms with van der Waals surface area (Å²) in [4.78, 5) is 35.2. The second kappa shape index (κ2) is 8.92. The number of hydrogen-bond acceptors (Lipinski definition) is 6. The van der Waals surface area contributed by atoms with Crippen molar-refractivity contribution >= 4 is 57.5 Å². The van der Waals surface area contributed by atoms with Gasteiger partial charge >= 0.3 is 6.09 Å². The van der Waals surface area contributed by atoms with Crippen molar-refractivity contribution < 1.29 is 23.8 Å². The minimum Gasteiger partial charge on any atom is -0.507 e. The van der Waals surface area contributed by atoms with E-state index < -0.39 is 23.6 Å². The Morgan fingerprint density at radius 2 is 1.92 bits per heavy atom. The number of ether oxygens (including phenoxy) is 1. The van der Waals surface area contributed by atoms with Crippen LogP contribution < -0.4 is 9.80 Å². The number of piperazine rings is 1. The van der Waals surface area contributed by atoms with Gasteiger partial charge in [-0.1, -0.05) is 29.3 Å². The van der Waals surface area contributed by atoms with Crippen LogP contribution in [0.2, 0.25) is 10.0 Å². The van der Waals surface area contributed by atoms with Crippen LogP contribution in [0.5, 0.6) is 5.75 Å². The van der Waals surface area contributed by atoms with Crippen molar-refractivity contribution in [2.75, 3.05) is 36.5 Å². The fourth-order valence-corrected chi connectivity index (χ4v) is 5.42. The van der Waals surface area contributed by atoms with E-state index in [1.54, 1.807) is 40.0 Å². The van der Waals surface area contributed by atoms with E-state index in [1.807, 2.05) is 4.90 Å². The number of pyridine rings is 1. The highest BCUT2D eigenvalue weighted by atomic mass is 35.5. The van der Waals surface area contributed by atoms with Gasteiger partial charge in [0.05, 0.1) is 34.2 Å². The van der Waals surface area contributed by atoms with Crippen molar-refractivity contribution in [1.82, 2.24) is 9.88 Å². The van der Waals surface area contributed by atoms with Crippen LogP contribution in [0.15, 0.2) is 30.5 Å². The maximum absolute atomic E-state index is 16.0. The van der Waals surface area contributed by atoms with Crippen LogP contribution in [-0.2, 0) is 9.53 Å². The summed E-state index contributed by atoms with van der Waals surface area (Å²) in [6.45, 7) is 6.10. The Bertz CT molecular complexity index is 1440. The standard InChI is InChI=1S/C26H25Cl2FN4O4/c1-26(2,3)37-25(36)32-8-9-33-17(12-32)24(35)31(4)16-11-30-22-13(23(16)33)10-15(28)20(21(22)29)19-14(27)6-5-7-18(19)34/h5-7,10-11,17,34H,8-9,12H2,1-4H3/t17-/m1/s1. The number of phenolic OH excluding ortho intramolecular Hbond substituents is 1. The highest BCUT2D eigenvalue weighted by Crippen LogP contribution is 2.47. The third-order valence-electron chi connectivity index (χ3n) is 6.54. The Labute approximate surface area is 223 Å². The zero-order valence-corrected chi connectivity index (χ0v) is 22.2. The van der Waals surface area contributed by atoms with Gasteiger partial charge in [0.15, 0.2) is 5.82 Å². The summed E-state index contributed by atoms with van der Waals surface area (Å²) in [5.74, 6) is -1.17. The molecule has 1 aromatic heterocycles. The van der Waals surface area contributed by atoms with Crippen molar-refractivity contribution in [3.05, 3.63) is 46.3 Å². The molecule has 0 saturated carbocycles. The molecule has 1 atom stereocenters. The number of fused-ring (bicyclic) bond motifs is 5. The first-order chi connectivity index (χ1) is 17.4. The second-order valence-electron chi connectivity index (χ2n) is 10.1. The molecular weight excluding hydrogens is 522 g/mol. The summed E-state index contributed by atoms with van der Waals surface area (Å²) in [5, 5.41) is 11.0. The molecule has 1 saturated heterocycles. The third kappa shape index (κ3) is 4.20. The summed E-state index contributed by atoms with van der Waals surface area (Å²) < 4.78 is 21.5. The van der Waals surface area contributed by atoms with Gasteiger partial charge in [-0.2, -0.15) is 0 Å². The van der Waals surface area contributed by atoms with E-state index in [0.29, 0.717) is 29.9 Å². The maximum atomic E-state index is 16.0. The van der Waals surface area contributed by atoms with Gasteiger partial charge in [-0.3, -0.25) is 9.78 Å². The summed E-state index contributed by atoms with van der Waals surface area (Å²) in [6.07, 6.45) is 0.950. The zero-order chi connectivity index (χ0) is 26.8. The quantitative estimate of drug-likeness (QED) is 0.436. The van der Waals surface area contributed by atoms with E-state index >= 15 is 4.39 Å². The van der Waals surface area contributed by atoms with Crippen LogP contribution in [0, 0.1) is 5.82 Å². The van der Waals surface area contributed by atoms with E-state index in [-0.39, 0.29) is 44.9 Å². The molecule has 2 amide bonds. The molecule has 194 valence electrons. The third-order valence-corrected chi connectivity index (χ3v) is 7.16. The van der Waals surface area contributed by atoms with Crippen molar-refractivity contribution in [3.8, 4) is 16.9 Å². The van der Waals surface area contributed by atoms with Crippen LogP contribution >= 0.6 is 23.2 Å². The second-order valence-corrected chi connectivity index (χ2v) is 10.9. The normalized spacial score (nSPS) is 17.6. The molecule has 1 fully saturated rings. The number of carbonyl (C=O) groups excluding carboxylic acids is 2. The van der Waals surface area contributed by atoms with Gasteiger partial charge in [0, 0.05) is 36.7 Å². The molecule has 3 heterocycles. The topological polar surface area (TPSA) is 86.2 Å². The van der Waals surface area contributed by atoms with Gasteiger partial charge in [-0.15, -0.1) is 0 Å². The Morgan fingerprint density at radius 3 is 2.59 bits per heavy atom. The average Bonchev–Trinajstić information content (AvgIpc) is 2.82. The van der Waals surface area contributed by atoms with Crippen LogP contribution in [0.25, 0.3) is 22.0 Å². The number of phenols is 1. The summed E-state index contributed by atoms with van der Waals surface area (Å²) in [7, 11) is 1.62. The van der Waals surface area contributed by atoms with E-state index in [1.165, 1.54) is 28.1 Å². The number of aromatic nitrogens is 1. The highest BCUT2D eigenvalue weighted by Gasteiger charge is 2.43. The lowest BCUT2D eigenvalue weighted by molar-refractivity contribution is -0.120. The lowest BCUT2D eigenvalue weighted by Crippen LogP contribution is -2.63. The fraction of sp³-hybridized carbons (Fsp3) is 0.346. The number of likely N-dealkylation sites (N-methyl/N-ethyl adjacent to an activating group) is 1. The van der Waals surface area contributed by atoms with Crippen LogP contribution in [0.1, 0.15) is 20.8 Å². The summed E-state index contributed by atoms with van der Waals surface area (Å²) in [5.41, 5.74) is 0.465. The molecule has 0 spiro atoms. The number of benzene rings is 2. The summed E-state index contributed by atoms with van der Waals surface area (Å²) >= 11 is 12.9. The van der Waals surface area contributed by atoms with Crippen LogP contribution in [-0.4, -0.2) is 65.3 Å². The molecule has 37 heavy (non-hydrogen) atoms. The monoisotopic (exact) mass is 546 g/mol. The van der Waals surface area contributed by atoms with Gasteiger partial charge < -0.3 is 24.5 Å². The molecule has 1 N–H and O–H groups in total. The predicted molar refractivity (Wildman–Crippen MR) is 141 cm³/mol. The number of amides is 2. The molecule has 11 heteroatoms. The first kappa shape index (κ1) is 25.4. The average molecular weight is 547 g/mol. The number of anilines is 2. The van der Waals surface area contributed by atoms with E-state index in [0.717, 1.165) is 0 Å². The highest BCUT2D eigenvalue weighted by molar-refractivity contribution is 6.37. The molecular formula is C26H25Cl2FN4O4. The number of halogens is 3. The van der Waals surface area contributed by atoms with Crippen LogP contribution in [0.4, 0.5) is 20.6 Å². The molecule has 8 nitrogen and oxygen atoms in total. The largest absolute Gasteiger partial charge is 0.507 e. The van der Waals surface area contributed by atoms with Crippen molar-refractivity contribution in [1.29, 1.82) is 0 Å². The van der Waals surface area contributed by atoms with Crippen LogP contribution in [0.3, 0.4) is 0 Å². The molecule has 2 aliphatic heterocycles. The minimum atomic E-state index is -0.739. The Morgan fingerprint density at radius 1 is 1.19 bits per heavy atom. The number of aromatic hydroxyl groups is 1. The minimum absolute atomic E-state index is 0.0218. The fourth-order valence-electron chi connectivity index (χ4n) is 4.87. The number of rotatable bonds is 1. The molecule has 3 aromatic rings. The number of hydrogen-bond donors (Lipinski definition) is 1. The molecule has 5 rings (SSSR count). The molecule has 0 bridgehead atoms. The lowest BCUT2D eigenvalue weighted by Gasteiger charge is -2.47. The first-order valence-corrected chi connectivity index (χ1v) is 12.5. The first-order valence-electron chi connectivity index (χ1n) is 11.7. The molecule has 0 radical (unpaired) electrons. The SMILES string of the molecule is CN1C(=O)[C@H]2CN(C(=O)OC(C)(C)C)CCN2c2c1cnc1c(F)c(-c3c(O)cccc3Cl)c(Cl)cc21.